The SMILES string of the molecule is Cc1ccc(N2C(=O)[C@H]3[C@@H](ON(c4cccc([N+](=O)[O-])c4)[C@H]3c3ccccc3Cl)C2=O)cc1. The van der Waals surface area contributed by atoms with E-state index < -0.39 is 34.8 Å². The third-order valence-corrected chi connectivity index (χ3v) is 6.27. The second kappa shape index (κ2) is 7.99. The zero-order chi connectivity index (χ0) is 23.3. The largest absolute Gasteiger partial charge is 0.273 e. The lowest BCUT2D eigenvalue weighted by molar-refractivity contribution is -0.384. The first kappa shape index (κ1) is 21.1. The second-order valence-electron chi connectivity index (χ2n) is 7.97. The molecule has 8 nitrogen and oxygen atoms in total. The number of imide groups is 1. The second-order valence-corrected chi connectivity index (χ2v) is 8.38. The Morgan fingerprint density at radius 2 is 1.67 bits per heavy atom. The first-order chi connectivity index (χ1) is 15.9. The fraction of sp³-hybridized carbons (Fsp3) is 0.167. The van der Waals surface area contributed by atoms with Crippen molar-refractivity contribution in [3.05, 3.63) is 99.1 Å². The number of benzene rings is 3. The Hall–Kier alpha value is -3.75. The summed E-state index contributed by atoms with van der Waals surface area (Å²) < 4.78 is 0. The lowest BCUT2D eigenvalue weighted by Crippen LogP contribution is -2.37. The Balaban J connectivity index is 1.61. The van der Waals surface area contributed by atoms with Crippen LogP contribution >= 0.6 is 11.6 Å². The number of aryl methyl sites for hydroxylation is 1. The number of fused-ring (bicyclic) bond motifs is 1. The van der Waals surface area contributed by atoms with Crippen LogP contribution in [0.2, 0.25) is 5.02 Å². The quantitative estimate of drug-likeness (QED) is 0.319. The van der Waals surface area contributed by atoms with Gasteiger partial charge in [-0.1, -0.05) is 53.6 Å². The van der Waals surface area contributed by atoms with E-state index in [1.807, 2.05) is 19.1 Å². The normalized spacial score (nSPS) is 22.1. The molecule has 2 aliphatic rings. The van der Waals surface area contributed by atoms with Crippen LogP contribution in [0.25, 0.3) is 0 Å². The third kappa shape index (κ3) is 3.44. The molecule has 2 heterocycles. The van der Waals surface area contributed by atoms with Crippen LogP contribution in [-0.4, -0.2) is 22.8 Å². The minimum Gasteiger partial charge on any atom is -0.273 e. The van der Waals surface area contributed by atoms with Crippen LogP contribution in [0.3, 0.4) is 0 Å². The summed E-state index contributed by atoms with van der Waals surface area (Å²) in [6.45, 7) is 1.92. The number of amides is 2. The molecule has 0 aliphatic carbocycles. The molecule has 9 heteroatoms. The zero-order valence-electron chi connectivity index (χ0n) is 17.4. The standard InChI is InChI=1S/C24H18ClN3O5/c1-14-9-11-15(12-10-14)26-23(29)20-21(18-7-2-3-8-19(18)25)27(33-22(20)24(26)30)16-5-4-6-17(13-16)28(31)32/h2-13,20-22H,1H3/t20-,21+,22-/m1/s1. The van der Waals surface area contributed by atoms with E-state index in [9.17, 15) is 19.7 Å². The van der Waals surface area contributed by atoms with Crippen LogP contribution < -0.4 is 9.96 Å². The van der Waals surface area contributed by atoms with Gasteiger partial charge in [-0.05, 0) is 36.8 Å². The summed E-state index contributed by atoms with van der Waals surface area (Å²) in [5.74, 6) is -1.77. The number of nitro groups is 1. The van der Waals surface area contributed by atoms with Crippen molar-refractivity contribution in [2.45, 2.75) is 19.1 Å². The molecule has 33 heavy (non-hydrogen) atoms. The Morgan fingerprint density at radius 3 is 2.36 bits per heavy atom. The van der Waals surface area contributed by atoms with E-state index in [0.717, 1.165) is 10.5 Å². The van der Waals surface area contributed by atoms with Crippen molar-refractivity contribution in [2.75, 3.05) is 9.96 Å². The first-order valence-corrected chi connectivity index (χ1v) is 10.6. The molecule has 0 N–H and O–H groups in total. The molecular formula is C24H18ClN3O5. The van der Waals surface area contributed by atoms with Crippen LogP contribution in [0.15, 0.2) is 72.8 Å². The number of hydrogen-bond donors (Lipinski definition) is 0. The Kier molecular flexibility index (Phi) is 5.11. The van der Waals surface area contributed by atoms with Gasteiger partial charge in [-0.25, -0.2) is 9.96 Å². The van der Waals surface area contributed by atoms with Gasteiger partial charge in [0.2, 0.25) is 5.91 Å². The minimum absolute atomic E-state index is 0.134. The summed E-state index contributed by atoms with van der Waals surface area (Å²) in [5, 5.41) is 13.1. The van der Waals surface area contributed by atoms with Crippen molar-refractivity contribution in [1.29, 1.82) is 0 Å². The highest BCUT2D eigenvalue weighted by Crippen LogP contribution is 2.49. The number of carbonyl (C=O) groups excluding carboxylic acids is 2. The highest BCUT2D eigenvalue weighted by Gasteiger charge is 2.60. The Morgan fingerprint density at radius 1 is 0.939 bits per heavy atom. The summed E-state index contributed by atoms with van der Waals surface area (Å²) in [6.07, 6.45) is -1.08. The number of rotatable bonds is 4. The topological polar surface area (TPSA) is 93.0 Å². The molecule has 0 bridgehead atoms. The van der Waals surface area contributed by atoms with Gasteiger partial charge < -0.3 is 0 Å². The van der Waals surface area contributed by atoms with Crippen molar-refractivity contribution >= 4 is 40.5 Å². The molecule has 0 aromatic heterocycles. The molecule has 0 radical (unpaired) electrons. The predicted molar refractivity (Wildman–Crippen MR) is 122 cm³/mol. The predicted octanol–water partition coefficient (Wildman–Crippen LogP) is 4.61. The van der Waals surface area contributed by atoms with Gasteiger partial charge in [0.05, 0.1) is 22.3 Å². The van der Waals surface area contributed by atoms with Crippen LogP contribution in [0.1, 0.15) is 17.2 Å². The number of nitrogens with zero attached hydrogens (tertiary/aromatic N) is 3. The van der Waals surface area contributed by atoms with E-state index in [-0.39, 0.29) is 5.69 Å². The average Bonchev–Trinajstić information content (AvgIpc) is 3.31. The summed E-state index contributed by atoms with van der Waals surface area (Å²) in [5.41, 5.74) is 2.27. The first-order valence-electron chi connectivity index (χ1n) is 10.3. The number of carbonyl (C=O) groups is 2. The zero-order valence-corrected chi connectivity index (χ0v) is 18.2. The number of anilines is 2. The molecule has 2 amide bonds. The van der Waals surface area contributed by atoms with Gasteiger partial charge in [0.15, 0.2) is 6.10 Å². The maximum atomic E-state index is 13.6. The third-order valence-electron chi connectivity index (χ3n) is 5.93. The lowest BCUT2D eigenvalue weighted by atomic mass is 9.90. The van der Waals surface area contributed by atoms with Gasteiger partial charge in [-0.15, -0.1) is 0 Å². The summed E-state index contributed by atoms with van der Waals surface area (Å²) >= 11 is 6.48. The molecule has 2 aliphatic heterocycles. The molecule has 3 aromatic rings. The fourth-order valence-electron chi connectivity index (χ4n) is 4.36. The van der Waals surface area contributed by atoms with Gasteiger partial charge >= 0.3 is 0 Å². The summed E-state index contributed by atoms with van der Waals surface area (Å²) in [4.78, 5) is 44.8. The highest BCUT2D eigenvalue weighted by atomic mass is 35.5. The Labute approximate surface area is 194 Å². The molecule has 2 saturated heterocycles. The molecule has 3 aromatic carbocycles. The van der Waals surface area contributed by atoms with E-state index in [0.29, 0.717) is 22.0 Å². The molecule has 0 unspecified atom stereocenters. The molecule has 2 fully saturated rings. The van der Waals surface area contributed by atoms with Crippen molar-refractivity contribution in [1.82, 2.24) is 0 Å². The smallest absolute Gasteiger partial charge is 0.271 e. The lowest BCUT2D eigenvalue weighted by Gasteiger charge is -2.29. The van der Waals surface area contributed by atoms with Crippen molar-refractivity contribution < 1.29 is 19.3 Å². The number of non-ortho nitro benzene ring substituents is 1. The minimum atomic E-state index is -1.08. The average molecular weight is 464 g/mol. The molecule has 0 spiro atoms. The van der Waals surface area contributed by atoms with Crippen LogP contribution in [-0.2, 0) is 14.4 Å². The maximum absolute atomic E-state index is 13.6. The van der Waals surface area contributed by atoms with Gasteiger partial charge in [0.25, 0.3) is 11.6 Å². The van der Waals surface area contributed by atoms with Crippen molar-refractivity contribution in [3.8, 4) is 0 Å². The Bertz CT molecular complexity index is 1280. The molecular weight excluding hydrogens is 446 g/mol. The van der Waals surface area contributed by atoms with Crippen LogP contribution in [0.4, 0.5) is 17.1 Å². The number of nitro benzene ring substituents is 1. The van der Waals surface area contributed by atoms with Crippen molar-refractivity contribution in [2.24, 2.45) is 5.92 Å². The van der Waals surface area contributed by atoms with E-state index in [1.54, 1.807) is 42.5 Å². The molecule has 3 atom stereocenters. The maximum Gasteiger partial charge on any atom is 0.271 e. The molecule has 0 saturated carbocycles. The van der Waals surface area contributed by atoms with Gasteiger partial charge in [0, 0.05) is 17.2 Å². The summed E-state index contributed by atoms with van der Waals surface area (Å²) in [7, 11) is 0. The highest BCUT2D eigenvalue weighted by molar-refractivity contribution is 6.31. The van der Waals surface area contributed by atoms with Gasteiger partial charge in [-0.3, -0.25) is 24.5 Å². The molecule has 5 rings (SSSR count). The monoisotopic (exact) mass is 463 g/mol. The van der Waals surface area contributed by atoms with E-state index in [2.05, 4.69) is 0 Å². The number of hydroxylamine groups is 1. The number of hydrogen-bond acceptors (Lipinski definition) is 6. The van der Waals surface area contributed by atoms with Crippen molar-refractivity contribution in [3.63, 3.8) is 0 Å². The number of halogens is 1. The summed E-state index contributed by atoms with van der Waals surface area (Å²) in [6, 6.07) is 19.2. The molecule has 166 valence electrons. The van der Waals surface area contributed by atoms with Gasteiger partial charge in [-0.2, -0.15) is 0 Å². The van der Waals surface area contributed by atoms with Crippen LogP contribution in [0, 0.1) is 23.0 Å². The van der Waals surface area contributed by atoms with Gasteiger partial charge in [0.1, 0.15) is 5.92 Å². The fourth-order valence-corrected chi connectivity index (χ4v) is 4.61. The van der Waals surface area contributed by atoms with Crippen LogP contribution in [0.5, 0.6) is 0 Å². The van der Waals surface area contributed by atoms with E-state index >= 15 is 0 Å². The van der Waals surface area contributed by atoms with E-state index in [1.165, 1.54) is 23.3 Å². The van der Waals surface area contributed by atoms with E-state index in [4.69, 9.17) is 16.4 Å².